The van der Waals surface area contributed by atoms with Gasteiger partial charge in [-0.3, -0.25) is 4.79 Å². The lowest BCUT2D eigenvalue weighted by Crippen LogP contribution is -2.35. The van der Waals surface area contributed by atoms with E-state index in [1.54, 1.807) is 6.92 Å². The normalized spacial score (nSPS) is 17.2. The molecule has 0 fully saturated rings. The number of thioether (sulfide) groups is 1. The Bertz CT molecular complexity index is 1280. The second-order valence-corrected chi connectivity index (χ2v) is 8.96. The Balaban J connectivity index is 1.83. The van der Waals surface area contributed by atoms with Crippen LogP contribution in [0.5, 0.6) is 0 Å². The van der Waals surface area contributed by atoms with Crippen molar-refractivity contribution in [3.8, 4) is 0 Å². The third kappa shape index (κ3) is 4.55. The molecule has 8 heteroatoms. The molecule has 3 aromatic rings. The van der Waals surface area contributed by atoms with Crippen molar-refractivity contribution < 1.29 is 27.5 Å². The van der Waals surface area contributed by atoms with Crippen LogP contribution in [-0.2, 0) is 20.5 Å². The standard InChI is InChI=1S/C26H22F3NO3S/c1-3-20(25(32)33-2)30-24-21(16-10-6-11-17(14-16)26(27,28)29)22(31)23(34-24)19-13-7-9-15-8-4-5-12-18(15)19/h4-14,20,23,30H,3H2,1-2H3. The predicted octanol–water partition coefficient (Wildman–Crippen LogP) is 6.13. The van der Waals surface area contributed by atoms with Gasteiger partial charge >= 0.3 is 12.1 Å². The highest BCUT2D eigenvalue weighted by molar-refractivity contribution is 8.04. The van der Waals surface area contributed by atoms with Crippen LogP contribution in [-0.4, -0.2) is 24.9 Å². The number of methoxy groups -OCH3 is 1. The van der Waals surface area contributed by atoms with Gasteiger partial charge in [0.25, 0.3) is 0 Å². The predicted molar refractivity (Wildman–Crippen MR) is 127 cm³/mol. The van der Waals surface area contributed by atoms with Crippen LogP contribution < -0.4 is 5.32 Å². The number of carbonyl (C=O) groups excluding carboxylic acids is 2. The van der Waals surface area contributed by atoms with Crippen molar-refractivity contribution in [1.29, 1.82) is 0 Å². The maximum atomic E-state index is 13.7. The number of hydrogen-bond acceptors (Lipinski definition) is 5. The summed E-state index contributed by atoms with van der Waals surface area (Å²) < 4.78 is 45.0. The van der Waals surface area contributed by atoms with Crippen LogP contribution in [0.1, 0.15) is 35.3 Å². The van der Waals surface area contributed by atoms with Gasteiger partial charge in [0.15, 0.2) is 5.78 Å². The Morgan fingerprint density at radius 1 is 1.09 bits per heavy atom. The topological polar surface area (TPSA) is 55.4 Å². The van der Waals surface area contributed by atoms with E-state index in [0.717, 1.165) is 28.5 Å². The number of allylic oxidation sites excluding steroid dienone is 1. The number of fused-ring (bicyclic) bond motifs is 1. The molecule has 0 amide bonds. The van der Waals surface area contributed by atoms with Crippen molar-refractivity contribution in [2.45, 2.75) is 30.8 Å². The zero-order chi connectivity index (χ0) is 24.5. The van der Waals surface area contributed by atoms with Crippen molar-refractivity contribution in [2.75, 3.05) is 7.11 Å². The van der Waals surface area contributed by atoms with Gasteiger partial charge in [0, 0.05) is 0 Å². The Labute approximate surface area is 199 Å². The molecule has 0 bridgehead atoms. The molecular formula is C26H22F3NO3S. The van der Waals surface area contributed by atoms with Crippen molar-refractivity contribution in [3.63, 3.8) is 0 Å². The van der Waals surface area contributed by atoms with Crippen LogP contribution in [0.25, 0.3) is 16.3 Å². The molecule has 4 nitrogen and oxygen atoms in total. The lowest BCUT2D eigenvalue weighted by Gasteiger charge is -2.18. The first kappa shape index (κ1) is 23.9. The molecule has 1 N–H and O–H groups in total. The first-order valence-corrected chi connectivity index (χ1v) is 11.6. The second-order valence-electron chi connectivity index (χ2n) is 7.84. The minimum atomic E-state index is -4.55. The van der Waals surface area contributed by atoms with Gasteiger partial charge < -0.3 is 10.1 Å². The SMILES string of the molecule is CCC(NC1=C(c2cccc(C(F)(F)F)c2)C(=O)C(c2cccc3ccccc23)S1)C(=O)OC. The lowest BCUT2D eigenvalue weighted by molar-refractivity contribution is -0.143. The molecule has 2 unspecified atom stereocenters. The van der Waals surface area contributed by atoms with E-state index in [2.05, 4.69) is 5.32 Å². The third-order valence-electron chi connectivity index (χ3n) is 5.73. The summed E-state index contributed by atoms with van der Waals surface area (Å²) in [6.07, 6.45) is -4.17. The van der Waals surface area contributed by atoms with Gasteiger partial charge in [-0.05, 0) is 40.5 Å². The number of carbonyl (C=O) groups is 2. The molecule has 0 radical (unpaired) electrons. The number of hydrogen-bond donors (Lipinski definition) is 1. The molecular weight excluding hydrogens is 463 g/mol. The van der Waals surface area contributed by atoms with Gasteiger partial charge in [0.2, 0.25) is 0 Å². The summed E-state index contributed by atoms with van der Waals surface area (Å²) in [5, 5.41) is 4.60. The molecule has 0 saturated carbocycles. The largest absolute Gasteiger partial charge is 0.467 e. The minimum absolute atomic E-state index is 0.136. The number of ketones is 1. The van der Waals surface area contributed by atoms with Gasteiger partial charge in [-0.2, -0.15) is 13.2 Å². The molecule has 4 rings (SSSR count). The van der Waals surface area contributed by atoms with Crippen LogP contribution in [0.3, 0.4) is 0 Å². The van der Waals surface area contributed by atoms with Gasteiger partial charge in [0.1, 0.15) is 6.04 Å². The molecule has 34 heavy (non-hydrogen) atoms. The van der Waals surface area contributed by atoms with E-state index in [0.29, 0.717) is 11.4 Å². The number of halogens is 3. The molecule has 0 aromatic heterocycles. The van der Waals surface area contributed by atoms with Crippen LogP contribution in [0, 0.1) is 0 Å². The average Bonchev–Trinajstić information content (AvgIpc) is 3.16. The fourth-order valence-corrected chi connectivity index (χ4v) is 5.36. The Morgan fingerprint density at radius 3 is 2.50 bits per heavy atom. The van der Waals surface area contributed by atoms with Crippen LogP contribution in [0.2, 0.25) is 0 Å². The lowest BCUT2D eigenvalue weighted by atomic mass is 9.93. The summed E-state index contributed by atoms with van der Waals surface area (Å²) in [7, 11) is 1.26. The molecule has 176 valence electrons. The number of esters is 1. The fourth-order valence-electron chi connectivity index (χ4n) is 4.02. The molecule has 3 aromatic carbocycles. The van der Waals surface area contributed by atoms with Crippen molar-refractivity contribution in [3.05, 3.63) is 88.4 Å². The van der Waals surface area contributed by atoms with Crippen molar-refractivity contribution in [1.82, 2.24) is 5.32 Å². The monoisotopic (exact) mass is 485 g/mol. The number of ether oxygens (including phenoxy) is 1. The first-order chi connectivity index (χ1) is 16.2. The minimum Gasteiger partial charge on any atom is -0.467 e. The van der Waals surface area contributed by atoms with Crippen molar-refractivity contribution >= 4 is 39.9 Å². The van der Waals surface area contributed by atoms with Gasteiger partial charge in [-0.15, -0.1) is 0 Å². The number of nitrogens with one attached hydrogen (secondary N) is 1. The maximum Gasteiger partial charge on any atom is 0.416 e. The Kier molecular flexibility index (Phi) is 6.70. The van der Waals surface area contributed by atoms with Gasteiger partial charge in [-0.1, -0.05) is 73.3 Å². The highest BCUT2D eigenvalue weighted by Crippen LogP contribution is 2.49. The summed E-state index contributed by atoms with van der Waals surface area (Å²) in [5.41, 5.74) is 0.206. The van der Waals surface area contributed by atoms with Gasteiger partial charge in [-0.25, -0.2) is 4.79 Å². The molecule has 0 spiro atoms. The van der Waals surface area contributed by atoms with E-state index in [-0.39, 0.29) is 16.9 Å². The number of Topliss-reactive ketones (excluding diaryl/α,β-unsaturated/α-hetero) is 1. The highest BCUT2D eigenvalue weighted by Gasteiger charge is 2.39. The molecule has 2 atom stereocenters. The van der Waals surface area contributed by atoms with Crippen LogP contribution >= 0.6 is 11.8 Å². The Hall–Kier alpha value is -3.26. The van der Waals surface area contributed by atoms with E-state index in [9.17, 15) is 22.8 Å². The Morgan fingerprint density at radius 2 is 1.79 bits per heavy atom. The van der Waals surface area contributed by atoms with E-state index in [1.165, 1.54) is 31.0 Å². The van der Waals surface area contributed by atoms with E-state index < -0.39 is 29.0 Å². The highest BCUT2D eigenvalue weighted by atomic mass is 32.2. The smallest absolute Gasteiger partial charge is 0.416 e. The third-order valence-corrected chi connectivity index (χ3v) is 6.99. The zero-order valence-electron chi connectivity index (χ0n) is 18.5. The molecule has 1 heterocycles. The summed E-state index contributed by atoms with van der Waals surface area (Å²) in [6.45, 7) is 1.78. The summed E-state index contributed by atoms with van der Waals surface area (Å²) >= 11 is 1.20. The number of alkyl halides is 3. The maximum absolute atomic E-state index is 13.7. The molecule has 0 saturated heterocycles. The summed E-state index contributed by atoms with van der Waals surface area (Å²) in [6, 6.07) is 17.2. The zero-order valence-corrected chi connectivity index (χ0v) is 19.3. The summed E-state index contributed by atoms with van der Waals surface area (Å²) in [4.78, 5) is 25.9. The molecule has 1 aliphatic heterocycles. The molecule has 1 aliphatic rings. The van der Waals surface area contributed by atoms with E-state index >= 15 is 0 Å². The van der Waals surface area contributed by atoms with Crippen LogP contribution in [0.4, 0.5) is 13.2 Å². The molecule has 0 aliphatic carbocycles. The quantitative estimate of drug-likeness (QED) is 0.426. The first-order valence-electron chi connectivity index (χ1n) is 10.7. The van der Waals surface area contributed by atoms with E-state index in [1.807, 2.05) is 42.5 Å². The second kappa shape index (κ2) is 9.54. The number of rotatable bonds is 6. The summed E-state index contributed by atoms with van der Waals surface area (Å²) in [5.74, 6) is -0.831. The average molecular weight is 486 g/mol. The van der Waals surface area contributed by atoms with Crippen molar-refractivity contribution in [2.24, 2.45) is 0 Å². The number of benzene rings is 3. The van der Waals surface area contributed by atoms with E-state index in [4.69, 9.17) is 4.74 Å². The van der Waals surface area contributed by atoms with Gasteiger partial charge in [0.05, 0.1) is 28.5 Å². The van der Waals surface area contributed by atoms with Crippen LogP contribution in [0.15, 0.2) is 71.8 Å². The fraction of sp³-hybridized carbons (Fsp3) is 0.231.